The van der Waals surface area contributed by atoms with Crippen molar-refractivity contribution in [1.82, 2.24) is 5.06 Å². The SMILES string of the molecule is CN(O)C(=O)C(=O)CC(O)(Cc1ccc(F)c(F)c1)c1ccc(O)c(O)c1O. The number of Topliss-reactive ketones (excluding diaryl/α,β-unsaturated/α-hetero) is 1. The molecule has 5 N–H and O–H groups in total. The second-order valence-corrected chi connectivity index (χ2v) is 6.21. The number of ketones is 1. The summed E-state index contributed by atoms with van der Waals surface area (Å²) in [4.78, 5) is 23.8. The molecule has 0 saturated heterocycles. The van der Waals surface area contributed by atoms with Gasteiger partial charge in [-0.25, -0.2) is 13.8 Å². The number of hydrogen-bond donors (Lipinski definition) is 5. The van der Waals surface area contributed by atoms with Gasteiger partial charge in [0.05, 0.1) is 0 Å². The van der Waals surface area contributed by atoms with E-state index in [1.54, 1.807) is 0 Å². The largest absolute Gasteiger partial charge is 0.504 e. The van der Waals surface area contributed by atoms with Crippen molar-refractivity contribution in [3.05, 3.63) is 53.1 Å². The molecule has 10 heteroatoms. The number of carbonyl (C=O) groups excluding carboxylic acids is 2. The molecule has 0 aliphatic carbocycles. The highest BCUT2D eigenvalue weighted by Gasteiger charge is 2.38. The van der Waals surface area contributed by atoms with Gasteiger partial charge in [0.15, 0.2) is 23.1 Å². The minimum Gasteiger partial charge on any atom is -0.504 e. The van der Waals surface area contributed by atoms with E-state index in [9.17, 15) is 38.8 Å². The fourth-order valence-electron chi connectivity index (χ4n) is 2.71. The molecule has 1 atom stereocenters. The summed E-state index contributed by atoms with van der Waals surface area (Å²) in [5, 5.41) is 49.4. The molecule has 0 radical (unpaired) electrons. The van der Waals surface area contributed by atoms with Crippen molar-refractivity contribution in [3.8, 4) is 17.2 Å². The van der Waals surface area contributed by atoms with Crippen molar-refractivity contribution in [2.45, 2.75) is 18.4 Å². The van der Waals surface area contributed by atoms with Gasteiger partial charge in [-0.05, 0) is 29.8 Å². The summed E-state index contributed by atoms with van der Waals surface area (Å²) in [5.41, 5.74) is -2.82. The Morgan fingerprint density at radius 3 is 2.25 bits per heavy atom. The monoisotopic (exact) mass is 397 g/mol. The van der Waals surface area contributed by atoms with Crippen LogP contribution in [0.2, 0.25) is 0 Å². The minimum absolute atomic E-state index is 0.00549. The zero-order valence-corrected chi connectivity index (χ0v) is 14.6. The Kier molecular flexibility index (Phi) is 5.86. The second-order valence-electron chi connectivity index (χ2n) is 6.21. The molecular weight excluding hydrogens is 380 g/mol. The number of carbonyl (C=O) groups is 2. The van der Waals surface area contributed by atoms with Crippen LogP contribution in [0, 0.1) is 11.6 Å². The van der Waals surface area contributed by atoms with E-state index < -0.39 is 64.6 Å². The molecule has 0 aliphatic heterocycles. The van der Waals surface area contributed by atoms with Gasteiger partial charge in [0, 0.05) is 25.5 Å². The van der Waals surface area contributed by atoms with E-state index in [2.05, 4.69) is 0 Å². The number of rotatable bonds is 6. The lowest BCUT2D eigenvalue weighted by Crippen LogP contribution is -2.38. The summed E-state index contributed by atoms with van der Waals surface area (Å²) in [7, 11) is 0.887. The van der Waals surface area contributed by atoms with Crippen LogP contribution < -0.4 is 0 Å². The van der Waals surface area contributed by atoms with Crippen molar-refractivity contribution < 1.29 is 44.0 Å². The number of hydroxylamine groups is 2. The summed E-state index contributed by atoms with van der Waals surface area (Å²) in [5.74, 6) is -7.68. The molecule has 8 nitrogen and oxygen atoms in total. The quantitative estimate of drug-likeness (QED) is 0.214. The molecular formula is C18H17F2NO7. The molecule has 2 rings (SSSR count). The predicted octanol–water partition coefficient (Wildman–Crippen LogP) is 1.32. The van der Waals surface area contributed by atoms with Crippen LogP contribution in [-0.2, 0) is 21.6 Å². The van der Waals surface area contributed by atoms with E-state index in [0.717, 1.165) is 37.4 Å². The highest BCUT2D eigenvalue weighted by Crippen LogP contribution is 2.44. The number of halogens is 2. The van der Waals surface area contributed by atoms with Crippen molar-refractivity contribution in [2.75, 3.05) is 7.05 Å². The minimum atomic E-state index is -2.37. The molecule has 0 aliphatic rings. The van der Waals surface area contributed by atoms with E-state index in [4.69, 9.17) is 5.21 Å². The smallest absolute Gasteiger partial charge is 0.313 e. The summed E-state index contributed by atoms with van der Waals surface area (Å²) in [6, 6.07) is 4.57. The molecule has 0 spiro atoms. The van der Waals surface area contributed by atoms with Crippen molar-refractivity contribution in [2.24, 2.45) is 0 Å². The standard InChI is InChI=1S/C18H17F2NO7/c1-21(28)17(26)14(23)8-18(27,7-9-2-4-11(19)12(20)6-9)10-3-5-13(22)16(25)15(10)24/h2-6,22,24-25,27-28H,7-8H2,1H3. The third kappa shape index (κ3) is 4.18. The number of hydrogen-bond acceptors (Lipinski definition) is 7. The van der Waals surface area contributed by atoms with Crippen LogP contribution in [-0.4, -0.2) is 49.4 Å². The second kappa shape index (κ2) is 7.79. The summed E-state index contributed by atoms with van der Waals surface area (Å²) in [6.45, 7) is 0. The first-order chi connectivity index (χ1) is 13.0. The first-order valence-electron chi connectivity index (χ1n) is 7.86. The average Bonchev–Trinajstić information content (AvgIpc) is 2.61. The Balaban J connectivity index is 2.54. The number of phenolic OH excluding ortho intramolecular Hbond substituents is 3. The Morgan fingerprint density at radius 2 is 1.68 bits per heavy atom. The van der Waals surface area contributed by atoms with E-state index in [1.165, 1.54) is 0 Å². The van der Waals surface area contributed by atoms with Crippen LogP contribution in [0.5, 0.6) is 17.2 Å². The van der Waals surface area contributed by atoms with Gasteiger partial charge in [-0.2, -0.15) is 0 Å². The van der Waals surface area contributed by atoms with Crippen LogP contribution in [0.3, 0.4) is 0 Å². The summed E-state index contributed by atoms with van der Waals surface area (Å²) in [6.07, 6.45) is -1.55. The lowest BCUT2D eigenvalue weighted by atomic mass is 9.82. The predicted molar refractivity (Wildman–Crippen MR) is 89.6 cm³/mol. The summed E-state index contributed by atoms with van der Waals surface area (Å²) < 4.78 is 26.7. The number of benzene rings is 2. The van der Waals surface area contributed by atoms with Crippen LogP contribution in [0.1, 0.15) is 17.5 Å². The number of likely N-dealkylation sites (N-methyl/N-ethyl adjacent to an activating group) is 1. The number of phenols is 3. The van der Waals surface area contributed by atoms with Gasteiger partial charge in [0.1, 0.15) is 5.60 Å². The molecule has 1 amide bonds. The molecule has 0 fully saturated rings. The molecule has 2 aromatic rings. The van der Waals surface area contributed by atoms with Crippen LogP contribution in [0.25, 0.3) is 0 Å². The van der Waals surface area contributed by atoms with E-state index in [0.29, 0.717) is 0 Å². The Morgan fingerprint density at radius 1 is 1.04 bits per heavy atom. The third-order valence-electron chi connectivity index (χ3n) is 4.10. The molecule has 0 bridgehead atoms. The van der Waals surface area contributed by atoms with Crippen molar-refractivity contribution >= 4 is 11.7 Å². The number of nitrogens with zero attached hydrogens (tertiary/aromatic N) is 1. The average molecular weight is 397 g/mol. The van der Waals surface area contributed by atoms with Crippen molar-refractivity contribution in [1.29, 1.82) is 0 Å². The van der Waals surface area contributed by atoms with Gasteiger partial charge in [-0.15, -0.1) is 0 Å². The molecule has 0 heterocycles. The maximum absolute atomic E-state index is 13.5. The van der Waals surface area contributed by atoms with E-state index in [-0.39, 0.29) is 10.6 Å². The molecule has 0 aromatic heterocycles. The molecule has 28 heavy (non-hydrogen) atoms. The first-order valence-corrected chi connectivity index (χ1v) is 7.86. The van der Waals surface area contributed by atoms with Crippen LogP contribution in [0.4, 0.5) is 8.78 Å². The Hall–Kier alpha value is -3.24. The van der Waals surface area contributed by atoms with Gasteiger partial charge >= 0.3 is 5.91 Å². The molecule has 0 saturated carbocycles. The van der Waals surface area contributed by atoms with E-state index in [1.807, 2.05) is 0 Å². The van der Waals surface area contributed by atoms with Crippen LogP contribution >= 0.6 is 0 Å². The van der Waals surface area contributed by atoms with Gasteiger partial charge in [-0.1, -0.05) is 6.07 Å². The molecule has 150 valence electrons. The van der Waals surface area contributed by atoms with Crippen molar-refractivity contribution in [3.63, 3.8) is 0 Å². The first kappa shape index (κ1) is 21.1. The third-order valence-corrected chi connectivity index (χ3v) is 4.10. The lowest BCUT2D eigenvalue weighted by molar-refractivity contribution is -0.167. The fourth-order valence-corrected chi connectivity index (χ4v) is 2.71. The number of amides is 1. The van der Waals surface area contributed by atoms with E-state index >= 15 is 0 Å². The zero-order chi connectivity index (χ0) is 21.2. The Bertz CT molecular complexity index is 932. The molecule has 2 aromatic carbocycles. The number of aromatic hydroxyl groups is 3. The Labute approximate surface area is 157 Å². The lowest BCUT2D eigenvalue weighted by Gasteiger charge is -2.29. The van der Waals surface area contributed by atoms with Gasteiger partial charge in [0.2, 0.25) is 11.5 Å². The number of aliphatic hydroxyl groups is 1. The normalized spacial score (nSPS) is 13.0. The highest BCUT2D eigenvalue weighted by atomic mass is 19.2. The highest BCUT2D eigenvalue weighted by molar-refractivity contribution is 6.35. The zero-order valence-electron chi connectivity index (χ0n) is 14.6. The maximum Gasteiger partial charge on any atom is 0.313 e. The van der Waals surface area contributed by atoms with Crippen LogP contribution in [0.15, 0.2) is 30.3 Å². The van der Waals surface area contributed by atoms with Gasteiger partial charge in [0.25, 0.3) is 0 Å². The molecule has 1 unspecified atom stereocenters. The topological polar surface area (TPSA) is 139 Å². The maximum atomic E-state index is 13.5. The van der Waals surface area contributed by atoms with Gasteiger partial charge in [-0.3, -0.25) is 14.8 Å². The fraction of sp³-hybridized carbons (Fsp3) is 0.222. The summed E-state index contributed by atoms with van der Waals surface area (Å²) >= 11 is 0. The van der Waals surface area contributed by atoms with Gasteiger partial charge < -0.3 is 20.4 Å².